The van der Waals surface area contributed by atoms with Crippen molar-refractivity contribution < 1.29 is 4.79 Å². The minimum absolute atomic E-state index is 0.152. The van der Waals surface area contributed by atoms with Crippen molar-refractivity contribution in [3.8, 4) is 0 Å². The highest BCUT2D eigenvalue weighted by molar-refractivity contribution is 7.22. The Kier molecular flexibility index (Phi) is 3.12. The molecule has 0 radical (unpaired) electrons. The lowest BCUT2D eigenvalue weighted by atomic mass is 10.1. The number of thiazole rings is 1. The zero-order valence-electron chi connectivity index (χ0n) is 10.9. The largest absolute Gasteiger partial charge is 0.399 e. The lowest BCUT2D eigenvalue weighted by Gasteiger charge is -2.02. The van der Waals surface area contributed by atoms with Gasteiger partial charge in [-0.15, -0.1) is 0 Å². The highest BCUT2D eigenvalue weighted by Crippen LogP contribution is 2.27. The molecule has 20 heavy (non-hydrogen) atoms. The van der Waals surface area contributed by atoms with Crippen molar-refractivity contribution in [1.82, 2.24) is 4.98 Å². The van der Waals surface area contributed by atoms with Crippen molar-refractivity contribution in [2.24, 2.45) is 0 Å². The lowest BCUT2D eigenvalue weighted by Crippen LogP contribution is -2.11. The molecule has 1 heterocycles. The van der Waals surface area contributed by atoms with E-state index >= 15 is 0 Å². The van der Waals surface area contributed by atoms with Gasteiger partial charge < -0.3 is 5.73 Å². The summed E-state index contributed by atoms with van der Waals surface area (Å²) >= 11 is 1.42. The Bertz CT molecular complexity index is 795. The Morgan fingerprint density at radius 1 is 1.25 bits per heavy atom. The molecule has 0 bridgehead atoms. The Morgan fingerprint density at radius 3 is 2.90 bits per heavy atom. The zero-order chi connectivity index (χ0) is 14.1. The standard InChI is InChI=1S/C15H13N3OS/c1-9-3-2-4-10(7-9)14(19)18-15-17-12-6-5-11(16)8-13(12)20-15/h2-8H,16H2,1H3,(H,17,18,19). The number of hydrogen-bond donors (Lipinski definition) is 2. The first-order chi connectivity index (χ1) is 9.61. The van der Waals surface area contributed by atoms with E-state index in [0.29, 0.717) is 16.4 Å². The molecule has 0 aliphatic carbocycles. The van der Waals surface area contributed by atoms with Gasteiger partial charge in [-0.2, -0.15) is 0 Å². The molecule has 0 aliphatic rings. The van der Waals surface area contributed by atoms with Crippen LogP contribution in [-0.2, 0) is 0 Å². The smallest absolute Gasteiger partial charge is 0.257 e. The van der Waals surface area contributed by atoms with Gasteiger partial charge in [-0.25, -0.2) is 4.98 Å². The number of anilines is 2. The number of fused-ring (bicyclic) bond motifs is 1. The van der Waals surface area contributed by atoms with E-state index in [0.717, 1.165) is 15.8 Å². The molecule has 0 saturated carbocycles. The van der Waals surface area contributed by atoms with Gasteiger partial charge in [0, 0.05) is 11.3 Å². The van der Waals surface area contributed by atoms with Gasteiger partial charge >= 0.3 is 0 Å². The topological polar surface area (TPSA) is 68.0 Å². The SMILES string of the molecule is Cc1cccc(C(=O)Nc2nc3ccc(N)cc3s2)c1. The average Bonchev–Trinajstić information content (AvgIpc) is 2.80. The van der Waals surface area contributed by atoms with Gasteiger partial charge in [0.15, 0.2) is 5.13 Å². The van der Waals surface area contributed by atoms with Gasteiger partial charge in [-0.1, -0.05) is 29.0 Å². The molecule has 0 unspecified atom stereocenters. The van der Waals surface area contributed by atoms with Crippen LogP contribution in [0.4, 0.5) is 10.8 Å². The van der Waals surface area contributed by atoms with Crippen molar-refractivity contribution in [2.45, 2.75) is 6.92 Å². The zero-order valence-corrected chi connectivity index (χ0v) is 11.7. The van der Waals surface area contributed by atoms with Crippen LogP contribution in [0.1, 0.15) is 15.9 Å². The number of aromatic nitrogens is 1. The normalized spacial score (nSPS) is 10.7. The maximum atomic E-state index is 12.1. The lowest BCUT2D eigenvalue weighted by molar-refractivity contribution is 0.102. The van der Waals surface area contributed by atoms with Gasteiger partial charge in [0.25, 0.3) is 5.91 Å². The highest BCUT2D eigenvalue weighted by Gasteiger charge is 2.10. The van der Waals surface area contributed by atoms with Crippen LogP contribution >= 0.6 is 11.3 Å². The molecule has 3 rings (SSSR count). The number of carbonyl (C=O) groups excluding carboxylic acids is 1. The third-order valence-electron chi connectivity index (χ3n) is 2.91. The van der Waals surface area contributed by atoms with Gasteiger partial charge in [0.1, 0.15) is 0 Å². The Labute approximate surface area is 120 Å². The van der Waals surface area contributed by atoms with Gasteiger partial charge in [0.2, 0.25) is 0 Å². The maximum absolute atomic E-state index is 12.1. The summed E-state index contributed by atoms with van der Waals surface area (Å²) in [4.78, 5) is 16.5. The van der Waals surface area contributed by atoms with Crippen LogP contribution in [0.3, 0.4) is 0 Å². The van der Waals surface area contributed by atoms with E-state index in [-0.39, 0.29) is 5.91 Å². The van der Waals surface area contributed by atoms with Crippen molar-refractivity contribution in [3.63, 3.8) is 0 Å². The number of nitrogens with zero attached hydrogens (tertiary/aromatic N) is 1. The number of benzene rings is 2. The molecule has 0 atom stereocenters. The van der Waals surface area contributed by atoms with Crippen molar-refractivity contribution in [1.29, 1.82) is 0 Å². The van der Waals surface area contributed by atoms with Crippen LogP contribution in [0.5, 0.6) is 0 Å². The Morgan fingerprint density at radius 2 is 2.10 bits per heavy atom. The molecule has 1 amide bonds. The molecule has 2 aromatic carbocycles. The molecule has 3 aromatic rings. The summed E-state index contributed by atoms with van der Waals surface area (Å²) in [6.45, 7) is 1.96. The molecule has 100 valence electrons. The number of amides is 1. The second-order valence-electron chi connectivity index (χ2n) is 4.57. The van der Waals surface area contributed by atoms with Gasteiger partial charge in [-0.3, -0.25) is 10.1 Å². The quantitative estimate of drug-likeness (QED) is 0.708. The van der Waals surface area contributed by atoms with Crippen molar-refractivity contribution >= 4 is 38.3 Å². The average molecular weight is 283 g/mol. The van der Waals surface area contributed by atoms with Crippen molar-refractivity contribution in [3.05, 3.63) is 53.6 Å². The number of hydrogen-bond acceptors (Lipinski definition) is 4. The number of nitrogen functional groups attached to an aromatic ring is 1. The van der Waals surface area contributed by atoms with Crippen molar-refractivity contribution in [2.75, 3.05) is 11.1 Å². The van der Waals surface area contributed by atoms with Gasteiger partial charge in [-0.05, 0) is 37.3 Å². The summed E-state index contributed by atoms with van der Waals surface area (Å²) in [6, 6.07) is 13.0. The fraction of sp³-hybridized carbons (Fsp3) is 0.0667. The predicted molar refractivity (Wildman–Crippen MR) is 83.2 cm³/mol. The molecule has 0 aliphatic heterocycles. The maximum Gasteiger partial charge on any atom is 0.257 e. The van der Waals surface area contributed by atoms with E-state index in [1.54, 1.807) is 12.1 Å². The molecule has 1 aromatic heterocycles. The monoisotopic (exact) mass is 283 g/mol. The van der Waals surface area contributed by atoms with Crippen LogP contribution in [0.15, 0.2) is 42.5 Å². The molecule has 5 heteroatoms. The van der Waals surface area contributed by atoms with E-state index in [1.165, 1.54) is 11.3 Å². The van der Waals surface area contributed by atoms with Crippen LogP contribution < -0.4 is 11.1 Å². The molecule has 3 N–H and O–H groups in total. The van der Waals surface area contributed by atoms with Crippen LogP contribution in [-0.4, -0.2) is 10.9 Å². The van der Waals surface area contributed by atoms with E-state index in [2.05, 4.69) is 10.3 Å². The first-order valence-corrected chi connectivity index (χ1v) is 6.97. The summed E-state index contributed by atoms with van der Waals surface area (Å²) in [5.41, 5.74) is 8.94. The number of nitrogens with two attached hydrogens (primary N) is 1. The third kappa shape index (κ3) is 2.48. The van der Waals surface area contributed by atoms with Crippen LogP contribution in [0.2, 0.25) is 0 Å². The van der Waals surface area contributed by atoms with E-state index in [4.69, 9.17) is 5.73 Å². The Balaban J connectivity index is 1.87. The van der Waals surface area contributed by atoms with E-state index in [9.17, 15) is 4.79 Å². The summed E-state index contributed by atoms with van der Waals surface area (Å²) in [7, 11) is 0. The molecular weight excluding hydrogens is 270 g/mol. The van der Waals surface area contributed by atoms with Crippen LogP contribution in [0.25, 0.3) is 10.2 Å². The summed E-state index contributed by atoms with van der Waals surface area (Å²) < 4.78 is 0.963. The fourth-order valence-electron chi connectivity index (χ4n) is 1.95. The minimum atomic E-state index is -0.152. The fourth-order valence-corrected chi connectivity index (χ4v) is 2.86. The van der Waals surface area contributed by atoms with E-state index < -0.39 is 0 Å². The first kappa shape index (κ1) is 12.6. The first-order valence-electron chi connectivity index (χ1n) is 6.16. The molecule has 0 fully saturated rings. The summed E-state index contributed by atoms with van der Waals surface area (Å²) in [6.07, 6.45) is 0. The second kappa shape index (κ2) is 4.94. The molecule has 0 spiro atoms. The predicted octanol–water partition coefficient (Wildman–Crippen LogP) is 3.44. The number of aryl methyl sites for hydroxylation is 1. The number of nitrogens with one attached hydrogen (secondary N) is 1. The van der Waals surface area contributed by atoms with Crippen LogP contribution in [0, 0.1) is 6.92 Å². The molecule has 4 nitrogen and oxygen atoms in total. The van der Waals surface area contributed by atoms with E-state index in [1.807, 2.05) is 37.3 Å². The summed E-state index contributed by atoms with van der Waals surface area (Å²) in [5, 5.41) is 3.40. The Hall–Kier alpha value is -2.40. The molecular formula is C15H13N3OS. The van der Waals surface area contributed by atoms with Gasteiger partial charge in [0.05, 0.1) is 10.2 Å². The number of rotatable bonds is 2. The number of carbonyl (C=O) groups is 1. The second-order valence-corrected chi connectivity index (χ2v) is 5.60. The third-order valence-corrected chi connectivity index (χ3v) is 3.85. The highest BCUT2D eigenvalue weighted by atomic mass is 32.1. The summed E-state index contributed by atoms with van der Waals surface area (Å²) in [5.74, 6) is -0.152. The molecule has 0 saturated heterocycles. The minimum Gasteiger partial charge on any atom is -0.399 e.